The molecule has 3 aromatic heterocycles. The maximum atomic E-state index is 13.3. The number of likely N-dealkylation sites (N-methyl/N-ethyl adjacent to an activating group) is 1. The van der Waals surface area contributed by atoms with E-state index in [4.69, 9.17) is 0 Å². The number of halogens is 1. The smallest absolute Gasteiger partial charge is 0.264 e. The number of hydrogen-bond acceptors (Lipinski definition) is 5. The van der Waals surface area contributed by atoms with E-state index in [2.05, 4.69) is 20.6 Å². The molecular weight excluding hydrogens is 401 g/mol. The summed E-state index contributed by atoms with van der Waals surface area (Å²) >= 11 is 1.37. The molecule has 6 nitrogen and oxygen atoms in total. The van der Waals surface area contributed by atoms with E-state index in [1.807, 2.05) is 48.8 Å². The maximum Gasteiger partial charge on any atom is 0.264 e. The van der Waals surface area contributed by atoms with Crippen LogP contribution in [0, 0.1) is 5.82 Å². The topological polar surface area (TPSA) is 73.1 Å². The Morgan fingerprint density at radius 3 is 2.73 bits per heavy atom. The van der Waals surface area contributed by atoms with Crippen LogP contribution in [0.15, 0.2) is 60.2 Å². The molecule has 1 atom stereocenters. The molecule has 0 aliphatic carbocycles. The molecular formula is C22H22FN5OS. The van der Waals surface area contributed by atoms with Crippen molar-refractivity contribution in [2.45, 2.75) is 6.04 Å². The molecule has 0 saturated heterocycles. The average molecular weight is 424 g/mol. The van der Waals surface area contributed by atoms with Crippen LogP contribution in [0.4, 0.5) is 15.8 Å². The van der Waals surface area contributed by atoms with E-state index in [9.17, 15) is 9.18 Å². The van der Waals surface area contributed by atoms with Gasteiger partial charge in [0.15, 0.2) is 0 Å². The maximum absolute atomic E-state index is 13.3. The van der Waals surface area contributed by atoms with Crippen molar-refractivity contribution in [2.75, 3.05) is 26.0 Å². The molecule has 4 aromatic rings. The van der Waals surface area contributed by atoms with Crippen molar-refractivity contribution in [2.24, 2.45) is 0 Å². The number of carbonyl (C=O) groups excluding carboxylic acids is 1. The van der Waals surface area contributed by atoms with Crippen LogP contribution >= 0.6 is 11.3 Å². The van der Waals surface area contributed by atoms with Crippen LogP contribution < -0.4 is 10.6 Å². The van der Waals surface area contributed by atoms with Crippen LogP contribution in [-0.4, -0.2) is 41.4 Å². The third kappa shape index (κ3) is 4.34. The Hall–Kier alpha value is -3.23. The summed E-state index contributed by atoms with van der Waals surface area (Å²) in [5.74, 6) is -0.477. The summed E-state index contributed by atoms with van der Waals surface area (Å²) in [5.41, 5.74) is 3.24. The first kappa shape index (κ1) is 20.1. The minimum atomic E-state index is -0.299. The molecule has 3 heterocycles. The van der Waals surface area contributed by atoms with Gasteiger partial charge in [-0.15, -0.1) is 11.3 Å². The minimum absolute atomic E-state index is 0.178. The first-order valence-electron chi connectivity index (χ1n) is 9.49. The number of H-pyrrole nitrogens is 1. The molecule has 30 heavy (non-hydrogen) atoms. The number of anilines is 2. The van der Waals surface area contributed by atoms with Crippen LogP contribution in [-0.2, 0) is 0 Å². The number of aromatic nitrogens is 2. The number of fused-ring (bicyclic) bond motifs is 1. The molecule has 0 bridgehead atoms. The zero-order valence-electron chi connectivity index (χ0n) is 16.6. The zero-order chi connectivity index (χ0) is 21.1. The Bertz CT molecular complexity index is 1150. The molecule has 1 aromatic carbocycles. The van der Waals surface area contributed by atoms with Gasteiger partial charge in [-0.1, -0.05) is 12.1 Å². The van der Waals surface area contributed by atoms with Crippen molar-refractivity contribution in [3.05, 3.63) is 76.5 Å². The number of aromatic amines is 1. The second-order valence-corrected chi connectivity index (χ2v) is 8.14. The minimum Gasteiger partial charge on any atom is -0.354 e. The van der Waals surface area contributed by atoms with E-state index in [1.54, 1.807) is 18.3 Å². The number of benzene rings is 1. The lowest BCUT2D eigenvalue weighted by molar-refractivity contribution is 0.0935. The van der Waals surface area contributed by atoms with E-state index in [0.29, 0.717) is 11.4 Å². The van der Waals surface area contributed by atoms with E-state index < -0.39 is 0 Å². The van der Waals surface area contributed by atoms with Crippen molar-refractivity contribution >= 4 is 39.7 Å². The molecule has 4 rings (SSSR count). The number of thiophene rings is 1. The number of amides is 1. The number of nitrogens with zero attached hydrogens (tertiary/aromatic N) is 2. The lowest BCUT2D eigenvalue weighted by Crippen LogP contribution is -2.35. The zero-order valence-corrected chi connectivity index (χ0v) is 17.5. The van der Waals surface area contributed by atoms with Gasteiger partial charge in [-0.05, 0) is 55.4 Å². The Morgan fingerprint density at radius 2 is 1.97 bits per heavy atom. The number of rotatable bonds is 7. The van der Waals surface area contributed by atoms with Gasteiger partial charge in [0.2, 0.25) is 0 Å². The Balaban J connectivity index is 1.56. The van der Waals surface area contributed by atoms with Crippen LogP contribution in [0.2, 0.25) is 0 Å². The van der Waals surface area contributed by atoms with Gasteiger partial charge in [-0.2, -0.15) is 0 Å². The van der Waals surface area contributed by atoms with E-state index in [-0.39, 0.29) is 17.8 Å². The summed E-state index contributed by atoms with van der Waals surface area (Å²) in [4.78, 5) is 23.1. The molecule has 1 amide bonds. The van der Waals surface area contributed by atoms with E-state index >= 15 is 0 Å². The van der Waals surface area contributed by atoms with Crippen LogP contribution in [0.3, 0.4) is 0 Å². The first-order valence-corrected chi connectivity index (χ1v) is 10.4. The van der Waals surface area contributed by atoms with Gasteiger partial charge in [0.05, 0.1) is 17.4 Å². The highest BCUT2D eigenvalue weighted by atomic mass is 32.1. The van der Waals surface area contributed by atoms with Gasteiger partial charge in [0.25, 0.3) is 5.91 Å². The van der Waals surface area contributed by atoms with Gasteiger partial charge >= 0.3 is 0 Å². The van der Waals surface area contributed by atoms with E-state index in [0.717, 1.165) is 28.0 Å². The second kappa shape index (κ2) is 8.64. The standard InChI is InChI=1S/C22H22FN5OS/c1-28(2)13-19(14-3-5-15(23)6-4-14)27-22(29)20-18(9-12-30-20)26-17-8-11-25-21-16(17)7-10-24-21/h3-12,19H,13H2,1-2H3,(H,27,29)(H2,24,25,26). The Labute approximate surface area is 177 Å². The molecule has 0 fully saturated rings. The molecule has 0 radical (unpaired) electrons. The van der Waals surface area contributed by atoms with Gasteiger partial charge in [-0.3, -0.25) is 4.79 Å². The summed E-state index contributed by atoms with van der Waals surface area (Å²) in [7, 11) is 3.87. The predicted octanol–water partition coefficient (Wildman–Crippen LogP) is 4.54. The van der Waals surface area contributed by atoms with Gasteiger partial charge < -0.3 is 20.5 Å². The van der Waals surface area contributed by atoms with Crippen molar-refractivity contribution in [3.63, 3.8) is 0 Å². The quantitative estimate of drug-likeness (QED) is 0.408. The third-order valence-corrected chi connectivity index (χ3v) is 5.64. The molecule has 3 N–H and O–H groups in total. The largest absolute Gasteiger partial charge is 0.354 e. The highest BCUT2D eigenvalue weighted by Gasteiger charge is 2.20. The molecule has 0 spiro atoms. The fourth-order valence-corrected chi connectivity index (χ4v) is 4.07. The number of pyridine rings is 1. The number of nitrogens with one attached hydrogen (secondary N) is 3. The summed E-state index contributed by atoms with van der Waals surface area (Å²) < 4.78 is 13.3. The Kier molecular flexibility index (Phi) is 5.78. The van der Waals surface area contributed by atoms with Gasteiger partial charge in [0, 0.05) is 24.3 Å². The lowest BCUT2D eigenvalue weighted by Gasteiger charge is -2.23. The molecule has 8 heteroatoms. The molecule has 0 aliphatic heterocycles. The SMILES string of the molecule is CN(C)CC(NC(=O)c1sccc1Nc1ccnc2[nH]ccc12)c1ccc(F)cc1. The summed E-state index contributed by atoms with van der Waals surface area (Å²) in [5, 5.41) is 9.28. The van der Waals surface area contributed by atoms with Crippen LogP contribution in [0.1, 0.15) is 21.3 Å². The fourth-order valence-electron chi connectivity index (χ4n) is 3.32. The van der Waals surface area contributed by atoms with E-state index in [1.165, 1.54) is 23.5 Å². The van der Waals surface area contributed by atoms with Crippen molar-refractivity contribution in [1.82, 2.24) is 20.2 Å². The van der Waals surface area contributed by atoms with Crippen LogP contribution in [0.5, 0.6) is 0 Å². The molecule has 1 unspecified atom stereocenters. The third-order valence-electron chi connectivity index (χ3n) is 4.73. The lowest BCUT2D eigenvalue weighted by atomic mass is 10.1. The summed E-state index contributed by atoms with van der Waals surface area (Å²) in [6.45, 7) is 0.597. The van der Waals surface area contributed by atoms with Crippen molar-refractivity contribution < 1.29 is 9.18 Å². The highest BCUT2D eigenvalue weighted by Crippen LogP contribution is 2.30. The predicted molar refractivity (Wildman–Crippen MR) is 119 cm³/mol. The average Bonchev–Trinajstić information content (AvgIpc) is 3.37. The summed E-state index contributed by atoms with van der Waals surface area (Å²) in [6.07, 6.45) is 3.55. The highest BCUT2D eigenvalue weighted by molar-refractivity contribution is 7.12. The molecule has 154 valence electrons. The number of hydrogen-bond donors (Lipinski definition) is 3. The van der Waals surface area contributed by atoms with Crippen molar-refractivity contribution in [1.29, 1.82) is 0 Å². The molecule has 0 aliphatic rings. The van der Waals surface area contributed by atoms with Crippen molar-refractivity contribution in [3.8, 4) is 0 Å². The second-order valence-electron chi connectivity index (χ2n) is 7.23. The van der Waals surface area contributed by atoms with Gasteiger partial charge in [-0.25, -0.2) is 9.37 Å². The number of carbonyl (C=O) groups is 1. The first-order chi connectivity index (χ1) is 14.5. The molecule has 0 saturated carbocycles. The normalized spacial score (nSPS) is 12.3. The Morgan fingerprint density at radius 1 is 1.17 bits per heavy atom. The monoisotopic (exact) mass is 423 g/mol. The van der Waals surface area contributed by atoms with Gasteiger partial charge in [0.1, 0.15) is 16.3 Å². The van der Waals surface area contributed by atoms with Crippen LogP contribution in [0.25, 0.3) is 11.0 Å². The summed E-state index contributed by atoms with van der Waals surface area (Å²) in [6, 6.07) is 11.7. The fraction of sp³-hybridized carbons (Fsp3) is 0.182.